The van der Waals surface area contributed by atoms with E-state index in [1.54, 1.807) is 0 Å². The van der Waals surface area contributed by atoms with Crippen molar-refractivity contribution in [2.24, 2.45) is 0 Å². The minimum absolute atomic E-state index is 0.0957. The smallest absolute Gasteiger partial charge is 0.228 e. The van der Waals surface area contributed by atoms with Crippen LogP contribution in [0.1, 0.15) is 93.9 Å². The first kappa shape index (κ1) is 34.1. The lowest BCUT2D eigenvalue weighted by Gasteiger charge is -2.41. The molecule has 4 heteroatoms. The summed E-state index contributed by atoms with van der Waals surface area (Å²) < 4.78 is 9.44. The van der Waals surface area contributed by atoms with Crippen molar-refractivity contribution >= 4 is 60.2 Å². The van der Waals surface area contributed by atoms with Gasteiger partial charge in [0.1, 0.15) is 5.58 Å². The van der Waals surface area contributed by atoms with Crippen LogP contribution in [0.5, 0.6) is 0 Å². The summed E-state index contributed by atoms with van der Waals surface area (Å²) in [5.74, 6) is 0.216. The normalized spacial score (nSPS) is 15.9. The Bertz CT molecular complexity index is 3620. The zero-order valence-electron chi connectivity index (χ0n) is 35.0. The summed E-state index contributed by atoms with van der Waals surface area (Å²) in [5, 5.41) is 7.23. The molecule has 0 saturated heterocycles. The van der Waals surface area contributed by atoms with Gasteiger partial charge < -0.3 is 8.82 Å². The minimum atomic E-state index is -0.0957. The second-order valence-electron chi connectivity index (χ2n) is 18.7. The zero-order chi connectivity index (χ0) is 40.5. The third kappa shape index (κ3) is 4.21. The van der Waals surface area contributed by atoms with Crippen molar-refractivity contribution in [3.8, 4) is 22.3 Å². The van der Waals surface area contributed by atoms with Gasteiger partial charge in [0.2, 0.25) is 5.71 Å². The Morgan fingerprint density at radius 3 is 1.72 bits per heavy atom. The van der Waals surface area contributed by atoms with Crippen LogP contribution in [0.15, 0.2) is 126 Å². The fraction of sp³-hybridized carbons (Fsp3) is 0.179. The molecule has 0 saturated carbocycles. The van der Waals surface area contributed by atoms with Gasteiger partial charge in [0, 0.05) is 32.8 Å². The lowest BCUT2D eigenvalue weighted by atomic mass is 9.62. The van der Waals surface area contributed by atoms with E-state index in [1.807, 2.05) is 0 Å². The lowest BCUT2D eigenvalue weighted by Crippen LogP contribution is -2.28. The molecule has 5 aromatic heterocycles. The summed E-state index contributed by atoms with van der Waals surface area (Å²) in [6.45, 7) is 15.9. The maximum atomic E-state index is 6.96. The van der Waals surface area contributed by atoms with E-state index in [1.165, 1.54) is 105 Å². The number of hydrogen-bond donors (Lipinski definition) is 0. The number of hydrogen-bond acceptors (Lipinski definition) is 3. The van der Waals surface area contributed by atoms with Gasteiger partial charge in [0.05, 0.1) is 45.9 Å². The van der Waals surface area contributed by atoms with Crippen molar-refractivity contribution in [1.82, 2.24) is 14.4 Å². The predicted octanol–water partition coefficient (Wildman–Crippen LogP) is 14.4. The molecule has 0 N–H and O–H groups in total. The number of aromatic nitrogens is 3. The van der Waals surface area contributed by atoms with Crippen molar-refractivity contribution in [1.29, 1.82) is 0 Å². The molecule has 60 heavy (non-hydrogen) atoms. The average Bonchev–Trinajstić information content (AvgIpc) is 3.89. The highest BCUT2D eigenvalue weighted by Crippen LogP contribution is 2.58. The first-order valence-electron chi connectivity index (χ1n) is 21.3. The Hall–Kier alpha value is -6.78. The van der Waals surface area contributed by atoms with E-state index in [9.17, 15) is 0 Å². The molecule has 0 spiro atoms. The Morgan fingerprint density at radius 1 is 0.550 bits per heavy atom. The first-order chi connectivity index (χ1) is 29.1. The molecule has 0 fully saturated rings. The van der Waals surface area contributed by atoms with Crippen molar-refractivity contribution < 1.29 is 4.42 Å². The molecule has 6 aromatic carbocycles. The average molecular weight is 774 g/mol. The van der Waals surface area contributed by atoms with Gasteiger partial charge in [-0.05, 0) is 135 Å². The minimum Gasteiger partial charge on any atom is -0.438 e. The summed E-state index contributed by atoms with van der Waals surface area (Å²) >= 11 is 0. The Kier molecular flexibility index (Phi) is 6.53. The van der Waals surface area contributed by atoms with Crippen LogP contribution < -0.4 is 0 Å². The third-order valence-electron chi connectivity index (χ3n) is 14.2. The van der Waals surface area contributed by atoms with E-state index in [0.717, 1.165) is 33.0 Å². The van der Waals surface area contributed by atoms with E-state index in [2.05, 4.69) is 174 Å². The van der Waals surface area contributed by atoms with Gasteiger partial charge in [0.25, 0.3) is 0 Å². The number of fused-ring (bicyclic) bond motifs is 10. The van der Waals surface area contributed by atoms with E-state index in [4.69, 9.17) is 14.4 Å². The number of rotatable bonds is 2. The number of aryl methyl sites for hydroxylation is 4. The highest BCUT2D eigenvalue weighted by atomic mass is 16.3. The highest BCUT2D eigenvalue weighted by Gasteiger charge is 2.44. The predicted molar refractivity (Wildman–Crippen MR) is 247 cm³/mol. The molecule has 2 bridgehead atoms. The fourth-order valence-corrected chi connectivity index (χ4v) is 11.7. The topological polar surface area (TPSA) is 43.3 Å². The number of benzene rings is 6. The van der Waals surface area contributed by atoms with Crippen LogP contribution in [0.3, 0.4) is 0 Å². The van der Waals surface area contributed by atoms with E-state index in [-0.39, 0.29) is 17.3 Å². The second-order valence-corrected chi connectivity index (χ2v) is 18.7. The molecule has 0 atom stereocenters. The van der Waals surface area contributed by atoms with Gasteiger partial charge in [0.15, 0.2) is 0 Å². The Labute approximate surface area is 348 Å². The molecule has 0 unspecified atom stereocenters. The fourth-order valence-electron chi connectivity index (χ4n) is 11.7. The molecule has 5 heterocycles. The monoisotopic (exact) mass is 773 g/mol. The molecule has 14 rings (SSSR count). The third-order valence-corrected chi connectivity index (χ3v) is 14.2. The molecule has 0 radical (unpaired) electrons. The van der Waals surface area contributed by atoms with E-state index < -0.39 is 0 Å². The van der Waals surface area contributed by atoms with Gasteiger partial charge in [-0.15, -0.1) is 0 Å². The van der Waals surface area contributed by atoms with E-state index >= 15 is 0 Å². The highest BCUT2D eigenvalue weighted by molar-refractivity contribution is 6.33. The standard InChI is InChI=1S/C56H43N3O/c1-28-14-12-15-29(2)44(28)32-22-38(45-30(3)16-13-17-31(45)4)50-43(23-32)60-55-52(50)49-40-25-33(56(5,6)7)24-39-48-41(59(54(39)40)42(49)27-58-55)26-57-53-47-36-20-10-8-18-34(36)46(51(48)53)35-19-9-11-21-37(35)47/h8-27,46-47H,1-7H3. The van der Waals surface area contributed by atoms with Crippen LogP contribution in [-0.4, -0.2) is 14.4 Å². The van der Waals surface area contributed by atoms with Gasteiger partial charge in [-0.2, -0.15) is 0 Å². The largest absolute Gasteiger partial charge is 0.438 e. The van der Waals surface area contributed by atoms with Crippen molar-refractivity contribution in [2.75, 3.05) is 0 Å². The molecule has 3 aliphatic carbocycles. The maximum Gasteiger partial charge on any atom is 0.228 e. The van der Waals surface area contributed by atoms with Gasteiger partial charge in [-0.3, -0.25) is 4.98 Å². The maximum absolute atomic E-state index is 6.96. The molecule has 11 aromatic rings. The summed E-state index contributed by atoms with van der Waals surface area (Å²) in [6.07, 6.45) is 4.21. The molecule has 288 valence electrons. The SMILES string of the molecule is Cc1cccc(C)c1-c1cc(-c2c(C)cccc2C)c2c(c1)oc1ncc3c(c4cc(C(C)(C)C)cc5c6c7c(ncc6n3c54)C3c4ccccc4C7c4ccccc43)c12. The van der Waals surface area contributed by atoms with Crippen LogP contribution >= 0.6 is 0 Å². The Balaban J connectivity index is 1.21. The van der Waals surface area contributed by atoms with Gasteiger partial charge >= 0.3 is 0 Å². The Morgan fingerprint density at radius 2 is 1.10 bits per heavy atom. The summed E-state index contributed by atoms with van der Waals surface area (Å²) in [7, 11) is 0. The lowest BCUT2D eigenvalue weighted by molar-refractivity contribution is 0.592. The first-order valence-corrected chi connectivity index (χ1v) is 21.3. The van der Waals surface area contributed by atoms with Gasteiger partial charge in [-0.25, -0.2) is 4.98 Å². The molecular formula is C56H43N3O. The number of pyridine rings is 2. The van der Waals surface area contributed by atoms with Gasteiger partial charge in [-0.1, -0.05) is 106 Å². The van der Waals surface area contributed by atoms with Crippen LogP contribution in [-0.2, 0) is 5.41 Å². The quantitative estimate of drug-likeness (QED) is 0.176. The van der Waals surface area contributed by atoms with E-state index in [0.29, 0.717) is 5.71 Å². The molecule has 0 aliphatic heterocycles. The van der Waals surface area contributed by atoms with Crippen LogP contribution in [0, 0.1) is 27.7 Å². The zero-order valence-corrected chi connectivity index (χ0v) is 35.0. The van der Waals surface area contributed by atoms with Crippen molar-refractivity contribution in [3.63, 3.8) is 0 Å². The molecule has 4 nitrogen and oxygen atoms in total. The number of furan rings is 1. The van der Waals surface area contributed by atoms with Crippen molar-refractivity contribution in [3.05, 3.63) is 183 Å². The van der Waals surface area contributed by atoms with Crippen LogP contribution in [0.2, 0.25) is 0 Å². The second kappa shape index (κ2) is 11.5. The van der Waals surface area contributed by atoms with Crippen molar-refractivity contribution in [2.45, 2.75) is 65.7 Å². The van der Waals surface area contributed by atoms with Crippen LogP contribution in [0.4, 0.5) is 0 Å². The summed E-state index contributed by atoms with van der Waals surface area (Å²) in [6, 6.07) is 40.9. The molecular weight excluding hydrogens is 731 g/mol. The number of nitrogens with zero attached hydrogens (tertiary/aromatic N) is 3. The van der Waals surface area contributed by atoms with Crippen LogP contribution in [0.25, 0.3) is 82.4 Å². The summed E-state index contributed by atoms with van der Waals surface area (Å²) in [4.78, 5) is 10.7. The molecule has 0 amide bonds. The molecule has 3 aliphatic rings. The summed E-state index contributed by atoms with van der Waals surface area (Å²) in [5.41, 5.74) is 24.2.